The van der Waals surface area contributed by atoms with Gasteiger partial charge in [0.2, 0.25) is 5.91 Å². The van der Waals surface area contributed by atoms with Crippen molar-refractivity contribution in [2.45, 2.75) is 58.0 Å². The van der Waals surface area contributed by atoms with E-state index in [9.17, 15) is 18.0 Å². The van der Waals surface area contributed by atoms with Crippen LogP contribution >= 0.6 is 0 Å². The van der Waals surface area contributed by atoms with Crippen LogP contribution in [0.2, 0.25) is 0 Å². The van der Waals surface area contributed by atoms with Crippen LogP contribution in [0.5, 0.6) is 0 Å². The second-order valence-corrected chi connectivity index (χ2v) is 10.6. The molecule has 1 saturated heterocycles. The summed E-state index contributed by atoms with van der Waals surface area (Å²) < 4.78 is 40.1. The van der Waals surface area contributed by atoms with Crippen molar-refractivity contribution < 1.29 is 31.7 Å². The van der Waals surface area contributed by atoms with Gasteiger partial charge in [-0.1, -0.05) is 6.92 Å². The first-order valence-electron chi connectivity index (χ1n) is 8.92. The zero-order chi connectivity index (χ0) is 19.3. The van der Waals surface area contributed by atoms with Crippen molar-refractivity contribution in [1.82, 2.24) is 5.32 Å². The first kappa shape index (κ1) is 19.6. The maximum absolute atomic E-state index is 12.0. The predicted molar refractivity (Wildman–Crippen MR) is 91.6 cm³/mol. The molecule has 2 aliphatic carbocycles. The van der Waals surface area contributed by atoms with Gasteiger partial charge >= 0.3 is 5.97 Å². The zero-order valence-corrected chi connectivity index (χ0v) is 16.4. The van der Waals surface area contributed by atoms with Gasteiger partial charge in [-0.15, -0.1) is 0 Å². The molecule has 1 amide bonds. The number of hydrogen-bond acceptors (Lipinski definition) is 7. The molecule has 1 heterocycles. The van der Waals surface area contributed by atoms with E-state index >= 15 is 0 Å². The number of amides is 1. The van der Waals surface area contributed by atoms with Crippen molar-refractivity contribution in [3.63, 3.8) is 0 Å². The molecule has 2 saturated carbocycles. The van der Waals surface area contributed by atoms with Crippen molar-refractivity contribution >= 4 is 22.0 Å². The second kappa shape index (κ2) is 6.45. The van der Waals surface area contributed by atoms with Crippen LogP contribution in [0.3, 0.4) is 0 Å². The molecule has 3 rings (SSSR count). The molecule has 2 bridgehead atoms. The summed E-state index contributed by atoms with van der Waals surface area (Å²) in [6.45, 7) is 7.39. The van der Waals surface area contributed by atoms with Gasteiger partial charge in [0.05, 0.1) is 23.3 Å². The summed E-state index contributed by atoms with van der Waals surface area (Å²) in [5.41, 5.74) is -0.851. The number of hydrogen-bond donors (Lipinski definition) is 1. The highest BCUT2D eigenvalue weighted by Crippen LogP contribution is 2.61. The Morgan fingerprint density at radius 1 is 1.27 bits per heavy atom. The molecule has 0 aromatic rings. The van der Waals surface area contributed by atoms with Gasteiger partial charge in [-0.05, 0) is 39.0 Å². The average Bonchev–Trinajstić information content (AvgIpc) is 3.05. The van der Waals surface area contributed by atoms with E-state index in [2.05, 4.69) is 5.32 Å². The molecule has 1 aliphatic heterocycles. The first-order valence-corrected chi connectivity index (χ1v) is 10.4. The van der Waals surface area contributed by atoms with Crippen LogP contribution in [0.4, 0.5) is 0 Å². The molecule has 8 nitrogen and oxygen atoms in total. The molecule has 5 unspecified atom stereocenters. The fraction of sp³-hybridized carbons (Fsp3) is 0.882. The minimum absolute atomic E-state index is 0.0325. The average molecular weight is 389 g/mol. The number of nitrogens with one attached hydrogen (secondary N) is 1. The van der Waals surface area contributed by atoms with Gasteiger partial charge < -0.3 is 14.8 Å². The van der Waals surface area contributed by atoms with Crippen LogP contribution in [-0.4, -0.2) is 57.5 Å². The Morgan fingerprint density at radius 3 is 2.62 bits per heavy atom. The van der Waals surface area contributed by atoms with E-state index in [1.165, 1.54) is 0 Å². The number of fused-ring (bicyclic) bond motifs is 1. The number of rotatable bonds is 6. The Labute approximate surface area is 154 Å². The van der Waals surface area contributed by atoms with Crippen LogP contribution in [0.25, 0.3) is 0 Å². The Balaban J connectivity index is 1.43. The minimum atomic E-state index is -3.51. The first-order chi connectivity index (χ1) is 11.9. The fourth-order valence-corrected chi connectivity index (χ4v) is 6.23. The summed E-state index contributed by atoms with van der Waals surface area (Å²) in [4.78, 5) is 23.6. The third kappa shape index (κ3) is 3.48. The summed E-state index contributed by atoms with van der Waals surface area (Å²) in [5.74, 6) is -0.692. The van der Waals surface area contributed by atoms with E-state index in [1.54, 1.807) is 20.8 Å². The Kier molecular flexibility index (Phi) is 4.86. The molecule has 26 heavy (non-hydrogen) atoms. The topological polar surface area (TPSA) is 108 Å². The van der Waals surface area contributed by atoms with Crippen LogP contribution < -0.4 is 5.32 Å². The molecular weight excluding hydrogens is 362 g/mol. The Morgan fingerprint density at radius 2 is 1.96 bits per heavy atom. The SMILES string of the molecule is CC(C)(C)C(=O)OCCNC(=O)COC1C2OS(=O)(=O)C3CC1(C)CC23. The summed E-state index contributed by atoms with van der Waals surface area (Å²) in [5, 5.41) is 2.20. The second-order valence-electron chi connectivity index (χ2n) is 8.79. The van der Waals surface area contributed by atoms with Gasteiger partial charge in [-0.2, -0.15) is 8.42 Å². The number of esters is 1. The highest BCUT2D eigenvalue weighted by atomic mass is 32.2. The predicted octanol–water partition coefficient (Wildman–Crippen LogP) is 0.604. The molecule has 5 atom stereocenters. The summed E-state index contributed by atoms with van der Waals surface area (Å²) in [7, 11) is -3.51. The fourth-order valence-electron chi connectivity index (χ4n) is 4.27. The third-order valence-electron chi connectivity index (χ3n) is 5.53. The van der Waals surface area contributed by atoms with Crippen LogP contribution in [0.1, 0.15) is 40.5 Å². The smallest absolute Gasteiger partial charge is 0.311 e. The molecule has 0 radical (unpaired) electrons. The zero-order valence-electron chi connectivity index (χ0n) is 15.6. The minimum Gasteiger partial charge on any atom is -0.463 e. The summed E-state index contributed by atoms with van der Waals surface area (Å²) in [6, 6.07) is 0. The summed E-state index contributed by atoms with van der Waals surface area (Å²) in [6.07, 6.45) is 0.386. The monoisotopic (exact) mass is 389 g/mol. The van der Waals surface area contributed by atoms with E-state index in [1.807, 2.05) is 6.92 Å². The highest BCUT2D eigenvalue weighted by molar-refractivity contribution is 7.87. The maximum Gasteiger partial charge on any atom is 0.311 e. The lowest BCUT2D eigenvalue weighted by molar-refractivity contribution is -0.153. The van der Waals surface area contributed by atoms with Gasteiger partial charge in [0.1, 0.15) is 19.3 Å². The normalized spacial score (nSPS) is 36.9. The molecule has 1 N–H and O–H groups in total. The van der Waals surface area contributed by atoms with E-state index < -0.39 is 33.0 Å². The van der Waals surface area contributed by atoms with Crippen molar-refractivity contribution in [2.75, 3.05) is 19.8 Å². The van der Waals surface area contributed by atoms with Gasteiger partial charge in [0, 0.05) is 5.92 Å². The van der Waals surface area contributed by atoms with Gasteiger partial charge in [-0.25, -0.2) is 0 Å². The molecule has 148 valence electrons. The highest BCUT2D eigenvalue weighted by Gasteiger charge is 2.69. The number of carbonyl (C=O) groups is 2. The van der Waals surface area contributed by atoms with E-state index in [-0.39, 0.29) is 43.0 Å². The van der Waals surface area contributed by atoms with E-state index in [0.717, 1.165) is 6.42 Å². The Bertz CT molecular complexity index is 698. The van der Waals surface area contributed by atoms with Crippen molar-refractivity contribution in [2.24, 2.45) is 16.7 Å². The van der Waals surface area contributed by atoms with Crippen molar-refractivity contribution in [3.05, 3.63) is 0 Å². The lowest BCUT2D eigenvalue weighted by Gasteiger charge is -2.32. The van der Waals surface area contributed by atoms with Crippen LogP contribution in [-0.2, 0) is 33.4 Å². The largest absolute Gasteiger partial charge is 0.463 e. The molecule has 3 fully saturated rings. The van der Waals surface area contributed by atoms with Crippen LogP contribution in [0.15, 0.2) is 0 Å². The van der Waals surface area contributed by atoms with Gasteiger partial charge in [0.25, 0.3) is 10.1 Å². The molecule has 0 aromatic heterocycles. The summed E-state index contributed by atoms with van der Waals surface area (Å²) >= 11 is 0. The maximum atomic E-state index is 12.0. The molecule has 9 heteroatoms. The van der Waals surface area contributed by atoms with E-state index in [4.69, 9.17) is 13.7 Å². The van der Waals surface area contributed by atoms with Gasteiger partial charge in [-0.3, -0.25) is 13.8 Å². The molecule has 0 spiro atoms. The third-order valence-corrected chi connectivity index (χ3v) is 7.28. The standard InChI is InChI=1S/C17H27NO7S/c1-16(2,3)15(20)23-6-5-18-12(19)9-24-14-13-10-7-17(14,4)8-11(10)26(21,22)25-13/h10-11,13-14H,5-9H2,1-4H3,(H,18,19). The lowest BCUT2D eigenvalue weighted by atomic mass is 9.82. The molecular formula is C17H27NO7S. The van der Waals surface area contributed by atoms with E-state index in [0.29, 0.717) is 6.42 Å². The molecule has 0 aromatic carbocycles. The Hall–Kier alpha value is -1.19. The van der Waals surface area contributed by atoms with Crippen molar-refractivity contribution in [3.8, 4) is 0 Å². The van der Waals surface area contributed by atoms with Gasteiger partial charge in [0.15, 0.2) is 0 Å². The molecule has 3 aliphatic rings. The quantitative estimate of drug-likeness (QED) is 0.403. The van der Waals surface area contributed by atoms with Crippen LogP contribution in [0, 0.1) is 16.7 Å². The van der Waals surface area contributed by atoms with Crippen molar-refractivity contribution in [1.29, 1.82) is 0 Å². The lowest BCUT2D eigenvalue weighted by Crippen LogP contribution is -2.43. The number of ether oxygens (including phenoxy) is 2. The number of carbonyl (C=O) groups excluding carboxylic acids is 2.